The number of halogens is 1. The first-order chi connectivity index (χ1) is 10.6. The predicted octanol–water partition coefficient (Wildman–Crippen LogP) is 1.41. The van der Waals surface area contributed by atoms with Gasteiger partial charge in [0.1, 0.15) is 0 Å². The van der Waals surface area contributed by atoms with Gasteiger partial charge in [0.2, 0.25) is 0 Å². The highest BCUT2D eigenvalue weighted by molar-refractivity contribution is 7.72. The van der Waals surface area contributed by atoms with Gasteiger partial charge in [0.05, 0.1) is 0 Å². The van der Waals surface area contributed by atoms with Gasteiger partial charge in [0.15, 0.2) is 0 Å². The summed E-state index contributed by atoms with van der Waals surface area (Å²) in [7, 11) is -10.7. The lowest BCUT2D eigenvalue weighted by molar-refractivity contribution is 0.123. The number of aryl methyl sites for hydroxylation is 1. The van der Waals surface area contributed by atoms with Gasteiger partial charge in [-0.2, -0.15) is 0 Å². The summed E-state index contributed by atoms with van der Waals surface area (Å²) in [6, 6.07) is 9.90. The molecule has 0 aliphatic carbocycles. The van der Waals surface area contributed by atoms with E-state index in [9.17, 15) is 14.2 Å². The topological polar surface area (TPSA) is 147 Å². The van der Waals surface area contributed by atoms with Crippen LogP contribution in [0, 0.1) is 0 Å². The highest BCUT2D eigenvalue weighted by Gasteiger charge is 2.58. The molecule has 0 aliphatic heterocycles. The third kappa shape index (κ3) is 6.92. The quantitative estimate of drug-likeness (QED) is 0.254. The molecule has 0 saturated heterocycles. The zero-order valence-electron chi connectivity index (χ0n) is 13.0. The molecule has 0 unspecified atom stereocenters. The van der Waals surface area contributed by atoms with Crippen molar-refractivity contribution < 1.29 is 33.8 Å². The summed E-state index contributed by atoms with van der Waals surface area (Å²) in [4.78, 5) is 35.9. The van der Waals surface area contributed by atoms with Crippen molar-refractivity contribution in [3.63, 3.8) is 0 Å². The minimum Gasteiger partial charge on any atom is -0.367 e. The Morgan fingerprint density at radius 3 is 1.96 bits per heavy atom. The number of unbranched alkanes of at least 4 members (excludes halogenated alkanes) is 1. The van der Waals surface area contributed by atoms with E-state index < -0.39 is 26.7 Å². The van der Waals surface area contributed by atoms with Crippen molar-refractivity contribution in [2.45, 2.75) is 30.8 Å². The van der Waals surface area contributed by atoms with Crippen molar-refractivity contribution in [3.8, 4) is 0 Å². The molecular formula is C13H24ClNO7P2. The molecule has 1 aromatic rings. The van der Waals surface area contributed by atoms with Crippen LogP contribution in [0.2, 0.25) is 0 Å². The van der Waals surface area contributed by atoms with Crippen molar-refractivity contribution in [3.05, 3.63) is 35.9 Å². The molecule has 24 heavy (non-hydrogen) atoms. The second-order valence-electron chi connectivity index (χ2n) is 5.31. The molecule has 140 valence electrons. The molecule has 8 nitrogen and oxygen atoms in total. The number of hydrogen-bond donors (Lipinski definition) is 6. The smallest absolute Gasteiger partial charge is 0.367 e. The minimum absolute atomic E-state index is 0. The second kappa shape index (κ2) is 10.0. The molecule has 0 aromatic heterocycles. The van der Waals surface area contributed by atoms with E-state index in [1.807, 2.05) is 30.3 Å². The van der Waals surface area contributed by atoms with Crippen LogP contribution in [0.4, 0.5) is 0 Å². The lowest BCUT2D eigenvalue weighted by atomic mass is 10.1. The van der Waals surface area contributed by atoms with Crippen LogP contribution < -0.4 is 5.32 Å². The fourth-order valence-electron chi connectivity index (χ4n) is 2.07. The van der Waals surface area contributed by atoms with Crippen LogP contribution in [-0.4, -0.2) is 42.9 Å². The molecule has 0 spiro atoms. The molecule has 0 aliphatic rings. The molecule has 0 heterocycles. The van der Waals surface area contributed by atoms with Crippen molar-refractivity contribution in [1.82, 2.24) is 5.32 Å². The van der Waals surface area contributed by atoms with Gasteiger partial charge in [-0.3, -0.25) is 9.13 Å². The molecule has 6 N–H and O–H groups in total. The fraction of sp³-hybridized carbons (Fsp3) is 0.538. The van der Waals surface area contributed by atoms with Gasteiger partial charge in [-0.05, 0) is 37.9 Å². The zero-order chi connectivity index (χ0) is 17.6. The molecular weight excluding hydrogens is 380 g/mol. The largest absolute Gasteiger partial charge is 0.369 e. The maximum absolute atomic E-state index is 11.1. The Bertz CT molecular complexity index is 553. The van der Waals surface area contributed by atoms with Gasteiger partial charge in [-0.15, -0.1) is 12.4 Å². The van der Waals surface area contributed by atoms with Crippen LogP contribution >= 0.6 is 27.6 Å². The summed E-state index contributed by atoms with van der Waals surface area (Å²) < 4.78 is 22.3. The number of nitrogens with one attached hydrogen (secondary N) is 1. The average molecular weight is 404 g/mol. The van der Waals surface area contributed by atoms with Crippen molar-refractivity contribution >= 4 is 27.6 Å². The zero-order valence-corrected chi connectivity index (χ0v) is 15.6. The number of benzene rings is 1. The Morgan fingerprint density at radius 1 is 0.917 bits per heavy atom. The van der Waals surface area contributed by atoms with Gasteiger partial charge < -0.3 is 30.0 Å². The van der Waals surface area contributed by atoms with Gasteiger partial charge in [-0.25, -0.2) is 0 Å². The van der Waals surface area contributed by atoms with Crippen LogP contribution in [0.3, 0.4) is 0 Å². The molecule has 0 atom stereocenters. The SMILES string of the molecule is Cl.O=P(O)(O)C(O)(CCNCCCCc1ccccc1)P(=O)(O)O. The van der Waals surface area contributed by atoms with E-state index in [-0.39, 0.29) is 19.0 Å². The third-order valence-electron chi connectivity index (χ3n) is 3.48. The summed E-state index contributed by atoms with van der Waals surface area (Å²) >= 11 is 0. The summed E-state index contributed by atoms with van der Waals surface area (Å²) in [5, 5.41) is 9.16. The summed E-state index contributed by atoms with van der Waals surface area (Å²) in [5.74, 6) is 0. The number of hydrogen-bond acceptors (Lipinski definition) is 4. The lowest BCUT2D eigenvalue weighted by Crippen LogP contribution is -2.33. The molecule has 1 aromatic carbocycles. The van der Waals surface area contributed by atoms with E-state index in [4.69, 9.17) is 19.6 Å². The normalized spacial score (nSPS) is 12.7. The summed E-state index contributed by atoms with van der Waals surface area (Å²) in [6.07, 6.45) is 1.86. The molecule has 1 rings (SSSR count). The lowest BCUT2D eigenvalue weighted by Gasteiger charge is -2.29. The Morgan fingerprint density at radius 2 is 1.46 bits per heavy atom. The van der Waals surface area contributed by atoms with E-state index in [0.717, 1.165) is 19.3 Å². The Balaban J connectivity index is 0.00000529. The molecule has 0 saturated carbocycles. The van der Waals surface area contributed by atoms with Crippen LogP contribution in [0.1, 0.15) is 24.8 Å². The van der Waals surface area contributed by atoms with E-state index >= 15 is 0 Å². The van der Waals surface area contributed by atoms with Gasteiger partial charge >= 0.3 is 15.2 Å². The number of aliphatic hydroxyl groups is 1. The first-order valence-electron chi connectivity index (χ1n) is 7.16. The van der Waals surface area contributed by atoms with Crippen molar-refractivity contribution in [2.24, 2.45) is 0 Å². The van der Waals surface area contributed by atoms with Crippen molar-refractivity contribution in [2.75, 3.05) is 13.1 Å². The standard InChI is InChI=1S/C13H23NO7P2.ClH/c15-13(22(16,17)18,23(19,20)21)9-11-14-10-5-4-8-12-6-2-1-3-7-12;/h1-3,6-7,14-15H,4-5,8-11H2,(H2,16,17,18)(H2,19,20,21);1H. The number of rotatable bonds is 10. The first-order valence-corrected chi connectivity index (χ1v) is 10.4. The fourth-order valence-corrected chi connectivity index (χ4v) is 4.23. The van der Waals surface area contributed by atoms with Crippen LogP contribution in [0.25, 0.3) is 0 Å². The molecule has 0 radical (unpaired) electrons. The third-order valence-corrected chi connectivity index (χ3v) is 7.36. The Labute approximate surface area is 147 Å². The monoisotopic (exact) mass is 403 g/mol. The molecule has 0 fully saturated rings. The van der Waals surface area contributed by atoms with Crippen molar-refractivity contribution in [1.29, 1.82) is 0 Å². The van der Waals surface area contributed by atoms with Crippen LogP contribution in [-0.2, 0) is 15.6 Å². The van der Waals surface area contributed by atoms with Crippen LogP contribution in [0.5, 0.6) is 0 Å². The van der Waals surface area contributed by atoms with E-state index in [0.29, 0.717) is 6.54 Å². The Hall–Kier alpha value is -0.270. The highest BCUT2D eigenvalue weighted by atomic mass is 35.5. The minimum atomic E-state index is -5.36. The predicted molar refractivity (Wildman–Crippen MR) is 93.2 cm³/mol. The Kier molecular flexibility index (Phi) is 9.91. The summed E-state index contributed by atoms with van der Waals surface area (Å²) in [5.41, 5.74) is 1.21. The molecule has 0 amide bonds. The van der Waals surface area contributed by atoms with Gasteiger partial charge in [-0.1, -0.05) is 30.3 Å². The maximum atomic E-state index is 11.1. The second-order valence-corrected chi connectivity index (χ2v) is 9.31. The highest BCUT2D eigenvalue weighted by Crippen LogP contribution is 2.68. The maximum Gasteiger partial charge on any atom is 0.369 e. The molecule has 11 heteroatoms. The van der Waals surface area contributed by atoms with Gasteiger partial charge in [0, 0.05) is 6.42 Å². The van der Waals surface area contributed by atoms with Gasteiger partial charge in [0.25, 0.3) is 5.08 Å². The van der Waals surface area contributed by atoms with E-state index in [1.54, 1.807) is 0 Å². The van der Waals surface area contributed by atoms with E-state index in [1.165, 1.54) is 5.56 Å². The van der Waals surface area contributed by atoms with E-state index in [2.05, 4.69) is 5.32 Å². The molecule has 0 bridgehead atoms. The first kappa shape index (κ1) is 23.7. The average Bonchev–Trinajstić information content (AvgIpc) is 2.44. The summed E-state index contributed by atoms with van der Waals surface area (Å²) in [6.45, 7) is 0.406. The van der Waals surface area contributed by atoms with Crippen LogP contribution in [0.15, 0.2) is 30.3 Å².